The number of ether oxygens (including phenoxy) is 1. The van der Waals surface area contributed by atoms with E-state index in [1.54, 1.807) is 7.11 Å². The molecule has 2 aliphatic rings. The van der Waals surface area contributed by atoms with Crippen molar-refractivity contribution in [2.45, 2.75) is 51.3 Å². The summed E-state index contributed by atoms with van der Waals surface area (Å²) in [6, 6.07) is 2.12. The quantitative estimate of drug-likeness (QED) is 0.574. The van der Waals surface area contributed by atoms with Crippen LogP contribution in [0, 0.1) is 31.6 Å². The first kappa shape index (κ1) is 15.7. The summed E-state index contributed by atoms with van der Waals surface area (Å²) in [6.45, 7) is 4.23. The minimum absolute atomic E-state index is 0.0560. The summed E-state index contributed by atoms with van der Waals surface area (Å²) in [5, 5.41) is 0.0560. The van der Waals surface area contributed by atoms with Gasteiger partial charge in [-0.3, -0.25) is 0 Å². The first-order valence-electron chi connectivity index (χ1n) is 7.98. The molecule has 0 aromatic heterocycles. The molecule has 4 atom stereocenters. The Balaban J connectivity index is 1.85. The van der Waals surface area contributed by atoms with Crippen molar-refractivity contribution in [3.05, 3.63) is 27.2 Å². The number of rotatable bonds is 4. The third-order valence-corrected chi connectivity index (χ3v) is 6.84. The van der Waals surface area contributed by atoms with E-state index in [4.69, 9.17) is 16.3 Å². The predicted octanol–water partition coefficient (Wildman–Crippen LogP) is 6.18. The second kappa shape index (κ2) is 6.12. The zero-order chi connectivity index (χ0) is 15.1. The van der Waals surface area contributed by atoms with E-state index in [1.807, 2.05) is 0 Å². The first-order valence-corrected chi connectivity index (χ1v) is 9.21. The van der Waals surface area contributed by atoms with Gasteiger partial charge in [-0.25, -0.2) is 0 Å². The lowest BCUT2D eigenvalue weighted by molar-refractivity contribution is 0.309. The highest BCUT2D eigenvalue weighted by Crippen LogP contribution is 2.52. The number of benzene rings is 1. The molecule has 0 spiro atoms. The van der Waals surface area contributed by atoms with Gasteiger partial charge in [-0.2, -0.15) is 0 Å². The molecule has 1 aromatic rings. The largest absolute Gasteiger partial charge is 0.496 e. The van der Waals surface area contributed by atoms with Crippen LogP contribution in [-0.2, 0) is 0 Å². The highest BCUT2D eigenvalue weighted by atomic mass is 79.9. The lowest BCUT2D eigenvalue weighted by Crippen LogP contribution is -2.13. The summed E-state index contributed by atoms with van der Waals surface area (Å²) in [4.78, 5) is 0. The molecule has 2 saturated carbocycles. The van der Waals surface area contributed by atoms with Gasteiger partial charge < -0.3 is 4.74 Å². The van der Waals surface area contributed by atoms with Gasteiger partial charge in [0.1, 0.15) is 5.75 Å². The molecule has 2 bridgehead atoms. The smallest absolute Gasteiger partial charge is 0.126 e. The number of aryl methyl sites for hydroxylation is 1. The fourth-order valence-electron chi connectivity index (χ4n) is 4.57. The Bertz CT molecular complexity index is 543. The average molecular weight is 372 g/mol. The molecule has 0 radical (unpaired) electrons. The van der Waals surface area contributed by atoms with Gasteiger partial charge in [0, 0.05) is 10.0 Å². The molecule has 2 fully saturated rings. The van der Waals surface area contributed by atoms with Crippen molar-refractivity contribution in [2.75, 3.05) is 7.11 Å². The second-order valence-corrected chi connectivity index (χ2v) is 8.27. The minimum Gasteiger partial charge on any atom is -0.496 e. The van der Waals surface area contributed by atoms with Gasteiger partial charge >= 0.3 is 0 Å². The van der Waals surface area contributed by atoms with Crippen molar-refractivity contribution in [1.82, 2.24) is 0 Å². The lowest BCUT2D eigenvalue weighted by atomic mass is 9.83. The maximum atomic E-state index is 6.86. The Labute approximate surface area is 141 Å². The van der Waals surface area contributed by atoms with Crippen molar-refractivity contribution in [1.29, 1.82) is 0 Å². The fraction of sp³-hybridized carbons (Fsp3) is 0.667. The van der Waals surface area contributed by atoms with Crippen molar-refractivity contribution in [3.63, 3.8) is 0 Å². The normalized spacial score (nSPS) is 28.9. The van der Waals surface area contributed by atoms with E-state index in [-0.39, 0.29) is 5.38 Å². The molecule has 0 heterocycles. The molecule has 3 rings (SSSR count). The van der Waals surface area contributed by atoms with E-state index >= 15 is 0 Å². The minimum atomic E-state index is 0.0560. The third-order valence-electron chi connectivity index (χ3n) is 5.62. The van der Waals surface area contributed by atoms with Crippen molar-refractivity contribution in [2.24, 2.45) is 17.8 Å². The van der Waals surface area contributed by atoms with Crippen molar-refractivity contribution in [3.8, 4) is 5.75 Å². The fourth-order valence-corrected chi connectivity index (χ4v) is 5.62. The zero-order valence-corrected chi connectivity index (χ0v) is 15.4. The zero-order valence-electron chi connectivity index (χ0n) is 13.1. The predicted molar refractivity (Wildman–Crippen MR) is 92.3 cm³/mol. The summed E-state index contributed by atoms with van der Waals surface area (Å²) >= 11 is 10.5. The average Bonchev–Trinajstić information content (AvgIpc) is 3.04. The van der Waals surface area contributed by atoms with E-state index in [0.29, 0.717) is 0 Å². The van der Waals surface area contributed by atoms with Gasteiger partial charge in [0.15, 0.2) is 0 Å². The monoisotopic (exact) mass is 370 g/mol. The van der Waals surface area contributed by atoms with E-state index < -0.39 is 0 Å². The molecule has 2 aliphatic carbocycles. The van der Waals surface area contributed by atoms with Crippen LogP contribution in [0.1, 0.15) is 54.2 Å². The Morgan fingerprint density at radius 1 is 1.33 bits per heavy atom. The Morgan fingerprint density at radius 3 is 2.67 bits per heavy atom. The molecule has 116 valence electrons. The highest BCUT2D eigenvalue weighted by Gasteiger charge is 2.40. The maximum Gasteiger partial charge on any atom is 0.126 e. The molecule has 0 saturated heterocycles. The first-order chi connectivity index (χ1) is 10.0. The van der Waals surface area contributed by atoms with Gasteiger partial charge in [-0.15, -0.1) is 11.6 Å². The van der Waals surface area contributed by atoms with Crippen LogP contribution in [0.15, 0.2) is 10.5 Å². The molecule has 3 heteroatoms. The van der Waals surface area contributed by atoms with Crippen molar-refractivity contribution < 1.29 is 4.74 Å². The Hall–Kier alpha value is -0.210. The molecular weight excluding hydrogens is 348 g/mol. The van der Waals surface area contributed by atoms with Gasteiger partial charge in [0.25, 0.3) is 0 Å². The van der Waals surface area contributed by atoms with Crippen molar-refractivity contribution >= 4 is 27.5 Å². The highest BCUT2D eigenvalue weighted by molar-refractivity contribution is 9.10. The van der Waals surface area contributed by atoms with E-state index in [9.17, 15) is 0 Å². The lowest BCUT2D eigenvalue weighted by Gasteiger charge is -2.26. The standard InChI is InChI=1S/C18H24BrClO/c1-10-6-15(19)11(2)17(18(10)21-3)16(20)9-14-8-12-4-5-13(14)7-12/h6,12-14,16H,4-5,7-9H2,1-3H3. The molecule has 0 aliphatic heterocycles. The van der Waals surface area contributed by atoms with Crippen LogP contribution in [0.3, 0.4) is 0 Å². The summed E-state index contributed by atoms with van der Waals surface area (Å²) in [5.74, 6) is 3.69. The number of hydrogen-bond donors (Lipinski definition) is 0. The molecule has 4 unspecified atom stereocenters. The number of fused-ring (bicyclic) bond motifs is 2. The summed E-state index contributed by atoms with van der Waals surface area (Å²) in [6.07, 6.45) is 6.80. The molecule has 0 amide bonds. The number of halogens is 2. The van der Waals surface area contributed by atoms with E-state index in [2.05, 4.69) is 35.8 Å². The molecule has 1 nitrogen and oxygen atoms in total. The van der Waals surface area contributed by atoms with Crippen LogP contribution in [0.25, 0.3) is 0 Å². The third kappa shape index (κ3) is 2.86. The molecule has 1 aromatic carbocycles. The van der Waals surface area contributed by atoms with Crippen LogP contribution >= 0.6 is 27.5 Å². The topological polar surface area (TPSA) is 9.23 Å². The summed E-state index contributed by atoms with van der Waals surface area (Å²) in [7, 11) is 1.75. The van der Waals surface area contributed by atoms with Crippen LogP contribution in [0.4, 0.5) is 0 Å². The molecule has 0 N–H and O–H groups in total. The van der Waals surface area contributed by atoms with E-state index in [1.165, 1.54) is 36.8 Å². The van der Waals surface area contributed by atoms with Gasteiger partial charge in [-0.1, -0.05) is 22.4 Å². The summed E-state index contributed by atoms with van der Waals surface area (Å²) in [5.41, 5.74) is 3.57. The number of alkyl halides is 1. The molecule has 21 heavy (non-hydrogen) atoms. The summed E-state index contributed by atoms with van der Waals surface area (Å²) < 4.78 is 6.79. The number of methoxy groups -OCH3 is 1. The molecular formula is C18H24BrClO. The van der Waals surface area contributed by atoms with Crippen LogP contribution in [0.5, 0.6) is 5.75 Å². The van der Waals surface area contributed by atoms with Crippen LogP contribution < -0.4 is 4.74 Å². The van der Waals surface area contributed by atoms with Gasteiger partial charge in [0.05, 0.1) is 12.5 Å². The maximum absolute atomic E-state index is 6.86. The van der Waals surface area contributed by atoms with E-state index in [0.717, 1.165) is 40.0 Å². The SMILES string of the molecule is COc1c(C)cc(Br)c(C)c1C(Cl)CC1CC2CCC1C2. The van der Waals surface area contributed by atoms with Gasteiger partial charge in [-0.05, 0) is 74.5 Å². The van der Waals surface area contributed by atoms with Crippen LogP contribution in [-0.4, -0.2) is 7.11 Å². The second-order valence-electron chi connectivity index (χ2n) is 6.89. The van der Waals surface area contributed by atoms with Crippen LogP contribution in [0.2, 0.25) is 0 Å². The van der Waals surface area contributed by atoms with Gasteiger partial charge in [0.2, 0.25) is 0 Å². The number of hydrogen-bond acceptors (Lipinski definition) is 1. The Morgan fingerprint density at radius 2 is 2.10 bits per heavy atom. The Kier molecular flexibility index (Phi) is 4.57.